The molecule has 0 saturated heterocycles. The van der Waals surface area contributed by atoms with Crippen molar-refractivity contribution in [2.45, 2.75) is 6.10 Å². The Morgan fingerprint density at radius 2 is 2.12 bits per heavy atom. The summed E-state index contributed by atoms with van der Waals surface area (Å²) in [4.78, 5) is 12.6. The molecule has 0 amide bonds. The van der Waals surface area contributed by atoms with Gasteiger partial charge in [0.25, 0.3) is 0 Å². The Labute approximate surface area is 95.9 Å². The van der Waals surface area contributed by atoms with Gasteiger partial charge in [-0.1, -0.05) is 18.2 Å². The molecule has 0 bridgehead atoms. The van der Waals surface area contributed by atoms with Gasteiger partial charge in [0, 0.05) is 10.4 Å². The molecule has 4 heteroatoms. The van der Waals surface area contributed by atoms with E-state index in [0.29, 0.717) is 5.56 Å². The van der Waals surface area contributed by atoms with E-state index in [-0.39, 0.29) is 11.9 Å². The lowest BCUT2D eigenvalue weighted by molar-refractivity contribution is 0.0459. The first kappa shape index (κ1) is 9.42. The molecule has 1 aliphatic heterocycles. The van der Waals surface area contributed by atoms with Crippen LogP contribution in [-0.2, 0) is 4.74 Å². The SMILES string of the molecule is O=C1O[C@@H](c2cccs2)c2cccc(O)c21. The van der Waals surface area contributed by atoms with Gasteiger partial charge in [0.1, 0.15) is 11.3 Å². The fourth-order valence-corrected chi connectivity index (χ4v) is 2.65. The molecular weight excluding hydrogens is 224 g/mol. The number of carbonyl (C=O) groups excluding carboxylic acids is 1. The zero-order valence-electron chi connectivity index (χ0n) is 8.21. The molecule has 2 heterocycles. The van der Waals surface area contributed by atoms with Crippen LogP contribution in [0.2, 0.25) is 0 Å². The van der Waals surface area contributed by atoms with Crippen molar-refractivity contribution in [2.24, 2.45) is 0 Å². The summed E-state index contributed by atoms with van der Waals surface area (Å²) < 4.78 is 5.27. The van der Waals surface area contributed by atoms with Gasteiger partial charge in [0.15, 0.2) is 6.10 Å². The maximum Gasteiger partial charge on any atom is 0.343 e. The number of hydrogen-bond donors (Lipinski definition) is 1. The average molecular weight is 232 g/mol. The van der Waals surface area contributed by atoms with Gasteiger partial charge in [0.05, 0.1) is 0 Å². The molecule has 0 radical (unpaired) electrons. The normalized spacial score (nSPS) is 18.2. The molecule has 80 valence electrons. The predicted molar refractivity (Wildman–Crippen MR) is 59.7 cm³/mol. The van der Waals surface area contributed by atoms with E-state index in [1.165, 1.54) is 17.4 Å². The third-order valence-electron chi connectivity index (χ3n) is 2.59. The van der Waals surface area contributed by atoms with E-state index in [0.717, 1.165) is 10.4 Å². The molecule has 1 aromatic carbocycles. The number of fused-ring (bicyclic) bond motifs is 1. The standard InChI is InChI=1S/C12H8O3S/c13-8-4-1-3-7-10(8)12(14)15-11(7)9-5-2-6-16-9/h1-6,11,13H/t11-/m1/s1. The predicted octanol–water partition coefficient (Wildman–Crippen LogP) is 2.71. The first-order valence-corrected chi connectivity index (χ1v) is 5.71. The lowest BCUT2D eigenvalue weighted by Crippen LogP contribution is -1.98. The van der Waals surface area contributed by atoms with Crippen LogP contribution in [0.3, 0.4) is 0 Å². The Kier molecular flexibility index (Phi) is 1.97. The monoisotopic (exact) mass is 232 g/mol. The second-order valence-electron chi connectivity index (χ2n) is 3.54. The van der Waals surface area contributed by atoms with Crippen LogP contribution in [0.4, 0.5) is 0 Å². The molecule has 0 fully saturated rings. The molecule has 3 nitrogen and oxygen atoms in total. The fraction of sp³-hybridized carbons (Fsp3) is 0.0833. The minimum atomic E-state index is -0.452. The van der Waals surface area contributed by atoms with E-state index in [9.17, 15) is 9.90 Å². The molecule has 1 aliphatic rings. The number of thiophene rings is 1. The van der Waals surface area contributed by atoms with Gasteiger partial charge in [-0.3, -0.25) is 0 Å². The van der Waals surface area contributed by atoms with Crippen LogP contribution in [0.5, 0.6) is 5.75 Å². The Morgan fingerprint density at radius 1 is 1.25 bits per heavy atom. The van der Waals surface area contributed by atoms with Crippen LogP contribution >= 0.6 is 11.3 Å². The zero-order valence-corrected chi connectivity index (χ0v) is 9.03. The third-order valence-corrected chi connectivity index (χ3v) is 3.50. The van der Waals surface area contributed by atoms with Gasteiger partial charge in [-0.15, -0.1) is 11.3 Å². The molecule has 0 spiro atoms. The number of cyclic esters (lactones) is 1. The van der Waals surface area contributed by atoms with Crippen LogP contribution in [0, 0.1) is 0 Å². The minimum Gasteiger partial charge on any atom is -0.507 e. The van der Waals surface area contributed by atoms with Gasteiger partial charge >= 0.3 is 5.97 Å². The average Bonchev–Trinajstić information content (AvgIpc) is 2.86. The highest BCUT2D eigenvalue weighted by molar-refractivity contribution is 7.10. The first-order chi connectivity index (χ1) is 7.77. The van der Waals surface area contributed by atoms with Crippen molar-refractivity contribution in [3.63, 3.8) is 0 Å². The maximum atomic E-state index is 11.6. The van der Waals surface area contributed by atoms with E-state index in [4.69, 9.17) is 4.74 Å². The van der Waals surface area contributed by atoms with Crippen molar-refractivity contribution in [3.05, 3.63) is 51.7 Å². The second-order valence-corrected chi connectivity index (χ2v) is 4.52. The molecule has 1 aromatic heterocycles. The third kappa shape index (κ3) is 1.23. The molecule has 0 aliphatic carbocycles. The zero-order chi connectivity index (χ0) is 11.1. The minimum absolute atomic E-state index is 0.0124. The number of hydrogen-bond acceptors (Lipinski definition) is 4. The maximum absolute atomic E-state index is 11.6. The smallest absolute Gasteiger partial charge is 0.343 e. The summed E-state index contributed by atoms with van der Waals surface area (Å²) >= 11 is 1.53. The van der Waals surface area contributed by atoms with E-state index < -0.39 is 5.97 Å². The summed E-state index contributed by atoms with van der Waals surface area (Å²) in [6.07, 6.45) is -0.366. The number of esters is 1. The summed E-state index contributed by atoms with van der Waals surface area (Å²) in [5, 5.41) is 11.6. The van der Waals surface area contributed by atoms with Crippen LogP contribution < -0.4 is 0 Å². The Morgan fingerprint density at radius 3 is 2.88 bits per heavy atom. The van der Waals surface area contributed by atoms with Gasteiger partial charge in [-0.25, -0.2) is 4.79 Å². The van der Waals surface area contributed by atoms with Crippen LogP contribution in [-0.4, -0.2) is 11.1 Å². The molecule has 16 heavy (non-hydrogen) atoms. The molecule has 3 rings (SSSR count). The summed E-state index contributed by atoms with van der Waals surface area (Å²) in [6, 6.07) is 8.86. The molecular formula is C12H8O3S. The van der Waals surface area contributed by atoms with Gasteiger partial charge in [0.2, 0.25) is 0 Å². The number of ether oxygens (including phenoxy) is 1. The number of aromatic hydroxyl groups is 1. The molecule has 0 saturated carbocycles. The highest BCUT2D eigenvalue weighted by Gasteiger charge is 2.34. The van der Waals surface area contributed by atoms with Gasteiger partial charge < -0.3 is 9.84 Å². The van der Waals surface area contributed by atoms with Crippen molar-refractivity contribution >= 4 is 17.3 Å². The molecule has 1 atom stereocenters. The van der Waals surface area contributed by atoms with Crippen molar-refractivity contribution in [1.29, 1.82) is 0 Å². The van der Waals surface area contributed by atoms with Crippen molar-refractivity contribution in [1.82, 2.24) is 0 Å². The van der Waals surface area contributed by atoms with Gasteiger partial charge in [-0.05, 0) is 17.5 Å². The summed E-state index contributed by atoms with van der Waals surface area (Å²) in [7, 11) is 0. The summed E-state index contributed by atoms with van der Waals surface area (Å²) in [6.45, 7) is 0. The van der Waals surface area contributed by atoms with Crippen molar-refractivity contribution in [3.8, 4) is 5.75 Å². The van der Waals surface area contributed by atoms with E-state index in [2.05, 4.69) is 0 Å². The van der Waals surface area contributed by atoms with E-state index >= 15 is 0 Å². The number of phenols is 1. The lowest BCUT2D eigenvalue weighted by Gasteiger charge is -2.07. The Bertz CT molecular complexity index is 545. The molecule has 2 aromatic rings. The number of rotatable bonds is 1. The van der Waals surface area contributed by atoms with Crippen LogP contribution in [0.15, 0.2) is 35.7 Å². The Balaban J connectivity index is 2.16. The van der Waals surface area contributed by atoms with E-state index in [1.54, 1.807) is 6.07 Å². The highest BCUT2D eigenvalue weighted by Crippen LogP contribution is 2.40. The van der Waals surface area contributed by atoms with Crippen molar-refractivity contribution in [2.75, 3.05) is 0 Å². The quantitative estimate of drug-likeness (QED) is 0.769. The lowest BCUT2D eigenvalue weighted by atomic mass is 10.0. The summed E-state index contributed by atoms with van der Waals surface area (Å²) in [5.41, 5.74) is 1.04. The first-order valence-electron chi connectivity index (χ1n) is 4.83. The van der Waals surface area contributed by atoms with Crippen LogP contribution in [0.1, 0.15) is 26.9 Å². The molecule has 1 N–H and O–H groups in total. The topological polar surface area (TPSA) is 46.5 Å². The fourth-order valence-electron chi connectivity index (χ4n) is 1.88. The second kappa shape index (κ2) is 3.35. The Hall–Kier alpha value is -1.81. The van der Waals surface area contributed by atoms with Gasteiger partial charge in [-0.2, -0.15) is 0 Å². The van der Waals surface area contributed by atoms with Crippen LogP contribution in [0.25, 0.3) is 0 Å². The van der Waals surface area contributed by atoms with Crippen molar-refractivity contribution < 1.29 is 14.6 Å². The number of benzene rings is 1. The van der Waals surface area contributed by atoms with E-state index in [1.807, 2.05) is 23.6 Å². The number of carbonyl (C=O) groups is 1. The molecule has 0 unspecified atom stereocenters. The highest BCUT2D eigenvalue weighted by atomic mass is 32.1. The summed E-state index contributed by atoms with van der Waals surface area (Å²) in [5.74, 6) is -0.465. The number of phenolic OH excluding ortho intramolecular Hbond substituents is 1. The largest absolute Gasteiger partial charge is 0.507 e.